The molecule has 2 rings (SSSR count). The van der Waals surface area contributed by atoms with Crippen molar-refractivity contribution in [2.45, 2.75) is 13.3 Å². The molecule has 0 saturated carbocycles. The number of carbonyl (C=O) groups excluding carboxylic acids is 1. The van der Waals surface area contributed by atoms with E-state index in [4.69, 9.17) is 0 Å². The lowest BCUT2D eigenvalue weighted by Crippen LogP contribution is -2.47. The molecule has 1 amide bonds. The fourth-order valence-electron chi connectivity index (χ4n) is 2.26. The summed E-state index contributed by atoms with van der Waals surface area (Å²) < 4.78 is 40.3. The number of rotatable bonds is 2. The number of piperazine rings is 1. The molecule has 110 valence electrons. The smallest absolute Gasteiger partial charge is 0.227 e. The molecule has 1 fully saturated rings. The number of nitrogens with zero attached hydrogens (tertiary/aromatic N) is 2. The molecule has 3 nitrogen and oxygen atoms in total. The summed E-state index contributed by atoms with van der Waals surface area (Å²) in [4.78, 5) is 15.8. The molecule has 0 radical (unpaired) electrons. The predicted molar refractivity (Wildman–Crippen MR) is 68.8 cm³/mol. The van der Waals surface area contributed by atoms with Gasteiger partial charge < -0.3 is 9.80 Å². The molecule has 0 aromatic heterocycles. The van der Waals surface area contributed by atoms with Crippen molar-refractivity contribution in [3.63, 3.8) is 0 Å². The van der Waals surface area contributed by atoms with E-state index in [-0.39, 0.29) is 23.5 Å². The highest BCUT2D eigenvalue weighted by Gasteiger charge is 2.22. The number of amides is 1. The number of carbonyl (C=O) groups is 1. The molecule has 1 aliphatic rings. The Morgan fingerprint density at radius 1 is 1.15 bits per heavy atom. The Morgan fingerprint density at radius 3 is 2.35 bits per heavy atom. The Labute approximate surface area is 116 Å². The van der Waals surface area contributed by atoms with E-state index in [2.05, 4.69) is 4.90 Å². The fraction of sp³-hybridized carbons (Fsp3) is 0.500. The summed E-state index contributed by atoms with van der Waals surface area (Å²) in [5, 5.41) is 0. The zero-order valence-electron chi connectivity index (χ0n) is 11.5. The van der Waals surface area contributed by atoms with Crippen molar-refractivity contribution in [2.24, 2.45) is 0 Å². The highest BCUT2D eigenvalue weighted by atomic mass is 19.2. The van der Waals surface area contributed by atoms with Crippen molar-refractivity contribution >= 4 is 5.91 Å². The highest BCUT2D eigenvalue weighted by Crippen LogP contribution is 2.20. The highest BCUT2D eigenvalue weighted by molar-refractivity contribution is 5.79. The van der Waals surface area contributed by atoms with Crippen LogP contribution < -0.4 is 0 Å². The van der Waals surface area contributed by atoms with Crippen LogP contribution in [0.2, 0.25) is 0 Å². The molecule has 1 heterocycles. The van der Waals surface area contributed by atoms with E-state index in [9.17, 15) is 18.0 Å². The van der Waals surface area contributed by atoms with Gasteiger partial charge in [0, 0.05) is 37.3 Å². The second-order valence-electron chi connectivity index (χ2n) is 5.13. The lowest BCUT2D eigenvalue weighted by Gasteiger charge is -2.32. The van der Waals surface area contributed by atoms with Gasteiger partial charge in [0.05, 0.1) is 6.42 Å². The second-order valence-corrected chi connectivity index (χ2v) is 5.13. The van der Waals surface area contributed by atoms with Crippen LogP contribution in [-0.2, 0) is 11.2 Å². The summed E-state index contributed by atoms with van der Waals surface area (Å²) in [7, 11) is 1.96. The Kier molecular flexibility index (Phi) is 4.32. The summed E-state index contributed by atoms with van der Waals surface area (Å²) in [6.07, 6.45) is -0.242. The molecule has 0 N–H and O–H groups in total. The van der Waals surface area contributed by atoms with E-state index in [1.54, 1.807) is 4.90 Å². The van der Waals surface area contributed by atoms with Crippen LogP contribution in [0.15, 0.2) is 6.07 Å². The van der Waals surface area contributed by atoms with Crippen molar-refractivity contribution in [1.82, 2.24) is 9.80 Å². The Bertz CT molecular complexity index is 526. The minimum absolute atomic E-state index is 0.0923. The molecule has 0 aliphatic carbocycles. The van der Waals surface area contributed by atoms with Crippen molar-refractivity contribution in [3.8, 4) is 0 Å². The third-order valence-electron chi connectivity index (χ3n) is 3.65. The van der Waals surface area contributed by atoms with Crippen molar-refractivity contribution in [2.75, 3.05) is 33.2 Å². The van der Waals surface area contributed by atoms with E-state index >= 15 is 0 Å². The van der Waals surface area contributed by atoms with Gasteiger partial charge >= 0.3 is 0 Å². The van der Waals surface area contributed by atoms with Gasteiger partial charge in [-0.05, 0) is 20.0 Å². The van der Waals surface area contributed by atoms with Crippen LogP contribution in [0, 0.1) is 24.4 Å². The Hall–Kier alpha value is -1.56. The first-order chi connectivity index (χ1) is 9.40. The molecule has 1 aliphatic heterocycles. The van der Waals surface area contributed by atoms with E-state index < -0.39 is 17.5 Å². The number of halogens is 3. The van der Waals surface area contributed by atoms with Gasteiger partial charge in [-0.15, -0.1) is 0 Å². The topological polar surface area (TPSA) is 23.6 Å². The predicted octanol–water partition coefficient (Wildman–Crippen LogP) is 1.73. The van der Waals surface area contributed by atoms with Crippen LogP contribution in [0.4, 0.5) is 13.2 Å². The second kappa shape index (κ2) is 5.83. The van der Waals surface area contributed by atoms with Gasteiger partial charge in [0.1, 0.15) is 5.82 Å². The maximum absolute atomic E-state index is 13.8. The summed E-state index contributed by atoms with van der Waals surface area (Å²) in [5.41, 5.74) is -0.475. The fourth-order valence-corrected chi connectivity index (χ4v) is 2.26. The first-order valence-corrected chi connectivity index (χ1v) is 6.49. The van der Waals surface area contributed by atoms with E-state index in [0.717, 1.165) is 26.1 Å². The van der Waals surface area contributed by atoms with Gasteiger partial charge in [-0.25, -0.2) is 13.2 Å². The van der Waals surface area contributed by atoms with E-state index in [0.29, 0.717) is 13.1 Å². The average molecular weight is 286 g/mol. The third kappa shape index (κ3) is 2.95. The normalized spacial score (nSPS) is 16.6. The SMILES string of the molecule is Cc1c(F)c(F)cc(CC(=O)N2CCN(C)CC2)c1F. The summed E-state index contributed by atoms with van der Waals surface area (Å²) in [6, 6.07) is 0.769. The molecule has 1 aromatic carbocycles. The van der Waals surface area contributed by atoms with Gasteiger partial charge in [-0.3, -0.25) is 4.79 Å². The maximum atomic E-state index is 13.8. The van der Waals surface area contributed by atoms with Gasteiger partial charge in [0.15, 0.2) is 11.6 Å². The van der Waals surface area contributed by atoms with Gasteiger partial charge in [0.2, 0.25) is 5.91 Å². The van der Waals surface area contributed by atoms with Crippen LogP contribution >= 0.6 is 0 Å². The van der Waals surface area contributed by atoms with Crippen molar-refractivity contribution < 1.29 is 18.0 Å². The minimum Gasteiger partial charge on any atom is -0.340 e. The van der Waals surface area contributed by atoms with E-state index in [1.807, 2.05) is 7.05 Å². The molecule has 6 heteroatoms. The Balaban J connectivity index is 2.12. The molecule has 0 bridgehead atoms. The lowest BCUT2D eigenvalue weighted by molar-refractivity contribution is -0.132. The zero-order valence-corrected chi connectivity index (χ0v) is 11.5. The first-order valence-electron chi connectivity index (χ1n) is 6.49. The number of likely N-dealkylation sites (N-methyl/N-ethyl adjacent to an activating group) is 1. The van der Waals surface area contributed by atoms with Crippen molar-refractivity contribution in [3.05, 3.63) is 34.6 Å². The molecule has 1 aromatic rings. The minimum atomic E-state index is -1.20. The number of benzene rings is 1. The summed E-state index contributed by atoms with van der Waals surface area (Å²) >= 11 is 0. The van der Waals surface area contributed by atoms with E-state index in [1.165, 1.54) is 0 Å². The zero-order chi connectivity index (χ0) is 14.9. The molecular formula is C14H17F3N2O. The van der Waals surface area contributed by atoms with Gasteiger partial charge in [-0.1, -0.05) is 0 Å². The number of hydrogen-bond acceptors (Lipinski definition) is 2. The molecular weight excluding hydrogens is 269 g/mol. The maximum Gasteiger partial charge on any atom is 0.227 e. The van der Waals surface area contributed by atoms with Gasteiger partial charge in [0.25, 0.3) is 0 Å². The number of hydrogen-bond donors (Lipinski definition) is 0. The quantitative estimate of drug-likeness (QED) is 0.773. The van der Waals surface area contributed by atoms with Crippen LogP contribution in [0.5, 0.6) is 0 Å². The largest absolute Gasteiger partial charge is 0.340 e. The molecule has 0 unspecified atom stereocenters. The molecule has 0 spiro atoms. The third-order valence-corrected chi connectivity index (χ3v) is 3.65. The Morgan fingerprint density at radius 2 is 1.75 bits per heavy atom. The summed E-state index contributed by atoms with van der Waals surface area (Å²) in [5.74, 6) is -3.42. The first kappa shape index (κ1) is 14.8. The standard InChI is InChI=1S/C14H17F3N2O/c1-9-13(16)10(7-11(15)14(9)17)8-12(20)19-5-3-18(2)4-6-19/h7H,3-6,8H2,1-2H3. The van der Waals surface area contributed by atoms with Gasteiger partial charge in [-0.2, -0.15) is 0 Å². The molecule has 20 heavy (non-hydrogen) atoms. The molecule has 0 atom stereocenters. The van der Waals surface area contributed by atoms with Crippen LogP contribution in [-0.4, -0.2) is 48.9 Å². The lowest BCUT2D eigenvalue weighted by atomic mass is 10.1. The summed E-state index contributed by atoms with van der Waals surface area (Å²) in [6.45, 7) is 3.81. The van der Waals surface area contributed by atoms with Crippen LogP contribution in [0.1, 0.15) is 11.1 Å². The van der Waals surface area contributed by atoms with Crippen molar-refractivity contribution in [1.29, 1.82) is 0 Å². The van der Waals surface area contributed by atoms with Crippen LogP contribution in [0.3, 0.4) is 0 Å². The average Bonchev–Trinajstić information content (AvgIpc) is 2.43. The van der Waals surface area contributed by atoms with Crippen LogP contribution in [0.25, 0.3) is 0 Å². The monoisotopic (exact) mass is 286 g/mol. The molecule has 1 saturated heterocycles.